The molecule has 1 aliphatic heterocycles. The smallest absolute Gasteiger partial charge is 0.307 e. The number of aryl methyl sites for hydroxylation is 1. The van der Waals surface area contributed by atoms with Gasteiger partial charge in [0.25, 0.3) is 0 Å². The average Bonchev–Trinajstić information content (AvgIpc) is 2.34. The number of hydrogen-bond donors (Lipinski definition) is 0. The lowest BCUT2D eigenvalue weighted by Gasteiger charge is -2.29. The summed E-state index contributed by atoms with van der Waals surface area (Å²) < 4.78 is 5.35. The van der Waals surface area contributed by atoms with E-state index in [1.165, 1.54) is 16.7 Å². The minimum absolute atomic E-state index is 0.104. The molecule has 0 atom stereocenters. The maximum Gasteiger partial charge on any atom is 0.307 e. The molecule has 20 heavy (non-hydrogen) atoms. The standard InChI is InChI=1S/C17H25NO2/c1-13-5-6-15-12-18(9-7-14(15)11-13)10-8-16(19)20-17(2,3)4/h5-6,11H,7-10,12H2,1-4H3. The molecule has 0 N–H and O–H groups in total. The van der Waals surface area contributed by atoms with Crippen LogP contribution in [0, 0.1) is 6.92 Å². The number of rotatable bonds is 3. The molecule has 0 saturated carbocycles. The molecule has 3 nitrogen and oxygen atoms in total. The molecule has 2 rings (SSSR count). The lowest BCUT2D eigenvalue weighted by Crippen LogP contribution is -2.33. The molecule has 0 radical (unpaired) electrons. The molecular formula is C17H25NO2. The van der Waals surface area contributed by atoms with Crippen LogP contribution < -0.4 is 0 Å². The highest BCUT2D eigenvalue weighted by molar-refractivity contribution is 5.70. The van der Waals surface area contributed by atoms with Crippen molar-refractivity contribution in [2.45, 2.75) is 52.7 Å². The van der Waals surface area contributed by atoms with Crippen molar-refractivity contribution in [2.24, 2.45) is 0 Å². The normalized spacial score (nSPS) is 15.8. The average molecular weight is 275 g/mol. The second kappa shape index (κ2) is 5.96. The van der Waals surface area contributed by atoms with Crippen molar-refractivity contribution in [1.82, 2.24) is 4.90 Å². The fourth-order valence-electron chi connectivity index (χ4n) is 2.57. The lowest BCUT2D eigenvalue weighted by molar-refractivity contribution is -0.155. The van der Waals surface area contributed by atoms with Crippen LogP contribution in [-0.4, -0.2) is 29.6 Å². The Hall–Kier alpha value is -1.35. The van der Waals surface area contributed by atoms with Gasteiger partial charge >= 0.3 is 5.97 Å². The van der Waals surface area contributed by atoms with Gasteiger partial charge in [-0.15, -0.1) is 0 Å². The molecule has 1 aliphatic rings. The van der Waals surface area contributed by atoms with E-state index >= 15 is 0 Å². The fraction of sp³-hybridized carbons (Fsp3) is 0.588. The molecule has 0 saturated heterocycles. The van der Waals surface area contributed by atoms with Gasteiger partial charge in [0.05, 0.1) is 6.42 Å². The van der Waals surface area contributed by atoms with Crippen LogP contribution in [0.25, 0.3) is 0 Å². The fourth-order valence-corrected chi connectivity index (χ4v) is 2.57. The van der Waals surface area contributed by atoms with Crippen LogP contribution in [0.1, 0.15) is 43.9 Å². The van der Waals surface area contributed by atoms with Crippen LogP contribution in [0.5, 0.6) is 0 Å². The van der Waals surface area contributed by atoms with Gasteiger partial charge in [0.2, 0.25) is 0 Å². The van der Waals surface area contributed by atoms with E-state index in [4.69, 9.17) is 4.74 Å². The van der Waals surface area contributed by atoms with Gasteiger partial charge in [-0.1, -0.05) is 23.8 Å². The Morgan fingerprint density at radius 3 is 2.75 bits per heavy atom. The highest BCUT2D eigenvalue weighted by atomic mass is 16.6. The summed E-state index contributed by atoms with van der Waals surface area (Å²) in [5, 5.41) is 0. The predicted octanol–water partition coefficient (Wildman–Crippen LogP) is 3.08. The molecule has 0 unspecified atom stereocenters. The Balaban J connectivity index is 1.85. The summed E-state index contributed by atoms with van der Waals surface area (Å²) in [4.78, 5) is 14.1. The molecule has 1 heterocycles. The Labute approximate surface area is 121 Å². The van der Waals surface area contributed by atoms with Gasteiger partial charge in [0, 0.05) is 19.6 Å². The molecule has 0 bridgehead atoms. The molecule has 0 spiro atoms. The van der Waals surface area contributed by atoms with Gasteiger partial charge in [-0.3, -0.25) is 9.69 Å². The predicted molar refractivity (Wildman–Crippen MR) is 80.6 cm³/mol. The van der Waals surface area contributed by atoms with Gasteiger partial charge < -0.3 is 4.74 Å². The van der Waals surface area contributed by atoms with E-state index < -0.39 is 0 Å². The molecule has 0 aliphatic carbocycles. The first-order valence-corrected chi connectivity index (χ1v) is 7.36. The van der Waals surface area contributed by atoms with Crippen molar-refractivity contribution >= 4 is 5.97 Å². The molecule has 0 fully saturated rings. The van der Waals surface area contributed by atoms with Crippen molar-refractivity contribution in [3.63, 3.8) is 0 Å². The number of carbonyl (C=O) groups is 1. The van der Waals surface area contributed by atoms with E-state index in [-0.39, 0.29) is 11.6 Å². The molecule has 1 aromatic carbocycles. The van der Waals surface area contributed by atoms with Crippen LogP contribution in [0.15, 0.2) is 18.2 Å². The van der Waals surface area contributed by atoms with Crippen LogP contribution in [0.2, 0.25) is 0 Å². The number of nitrogens with zero attached hydrogens (tertiary/aromatic N) is 1. The summed E-state index contributed by atoms with van der Waals surface area (Å²) in [5.41, 5.74) is 3.79. The van der Waals surface area contributed by atoms with Gasteiger partial charge in [0.1, 0.15) is 5.60 Å². The number of esters is 1. The number of benzene rings is 1. The first-order chi connectivity index (χ1) is 9.33. The van der Waals surface area contributed by atoms with Gasteiger partial charge in [-0.25, -0.2) is 0 Å². The number of ether oxygens (including phenoxy) is 1. The third-order valence-corrected chi connectivity index (χ3v) is 3.51. The van der Waals surface area contributed by atoms with Gasteiger partial charge in [0.15, 0.2) is 0 Å². The number of carbonyl (C=O) groups excluding carboxylic acids is 1. The van der Waals surface area contributed by atoms with Crippen molar-refractivity contribution in [1.29, 1.82) is 0 Å². The Morgan fingerprint density at radius 2 is 2.05 bits per heavy atom. The first-order valence-electron chi connectivity index (χ1n) is 7.36. The van der Waals surface area contributed by atoms with Crippen molar-refractivity contribution < 1.29 is 9.53 Å². The Kier molecular flexibility index (Phi) is 4.48. The third-order valence-electron chi connectivity index (χ3n) is 3.51. The maximum absolute atomic E-state index is 11.7. The molecule has 3 heteroatoms. The number of hydrogen-bond acceptors (Lipinski definition) is 3. The van der Waals surface area contributed by atoms with Gasteiger partial charge in [-0.05, 0) is 45.2 Å². The SMILES string of the molecule is Cc1ccc2c(c1)CCN(CCC(=O)OC(C)(C)C)C2. The third kappa shape index (κ3) is 4.34. The second-order valence-electron chi connectivity index (χ2n) is 6.63. The zero-order valence-electron chi connectivity index (χ0n) is 13.0. The summed E-state index contributed by atoms with van der Waals surface area (Å²) >= 11 is 0. The zero-order chi connectivity index (χ0) is 14.8. The Bertz CT molecular complexity index is 488. The first kappa shape index (κ1) is 15.0. The molecule has 110 valence electrons. The summed E-state index contributed by atoms with van der Waals surface area (Å²) in [6.45, 7) is 10.6. The van der Waals surface area contributed by atoms with Crippen molar-refractivity contribution in [2.75, 3.05) is 13.1 Å². The van der Waals surface area contributed by atoms with E-state index in [0.29, 0.717) is 6.42 Å². The van der Waals surface area contributed by atoms with E-state index in [0.717, 1.165) is 26.1 Å². The summed E-state index contributed by atoms with van der Waals surface area (Å²) in [5.74, 6) is -0.104. The summed E-state index contributed by atoms with van der Waals surface area (Å²) in [6, 6.07) is 6.65. The highest BCUT2D eigenvalue weighted by Gasteiger charge is 2.19. The minimum atomic E-state index is -0.386. The quantitative estimate of drug-likeness (QED) is 0.794. The zero-order valence-corrected chi connectivity index (χ0v) is 13.0. The van der Waals surface area contributed by atoms with Gasteiger partial charge in [-0.2, -0.15) is 0 Å². The topological polar surface area (TPSA) is 29.5 Å². The van der Waals surface area contributed by atoms with E-state index in [2.05, 4.69) is 30.0 Å². The van der Waals surface area contributed by atoms with Crippen molar-refractivity contribution in [3.05, 3.63) is 34.9 Å². The highest BCUT2D eigenvalue weighted by Crippen LogP contribution is 2.20. The van der Waals surface area contributed by atoms with Crippen LogP contribution in [0.4, 0.5) is 0 Å². The largest absolute Gasteiger partial charge is 0.460 e. The van der Waals surface area contributed by atoms with Crippen molar-refractivity contribution in [3.8, 4) is 0 Å². The molecule has 0 aromatic heterocycles. The summed E-state index contributed by atoms with van der Waals surface area (Å²) in [7, 11) is 0. The van der Waals surface area contributed by atoms with E-state index in [1.54, 1.807) is 0 Å². The van der Waals surface area contributed by atoms with E-state index in [1.807, 2.05) is 20.8 Å². The van der Waals surface area contributed by atoms with E-state index in [9.17, 15) is 4.79 Å². The van der Waals surface area contributed by atoms with Crippen LogP contribution in [-0.2, 0) is 22.5 Å². The monoisotopic (exact) mass is 275 g/mol. The Morgan fingerprint density at radius 1 is 1.30 bits per heavy atom. The summed E-state index contributed by atoms with van der Waals surface area (Å²) in [6.07, 6.45) is 1.55. The molecule has 0 amide bonds. The molecule has 1 aromatic rings. The van der Waals surface area contributed by atoms with Crippen LogP contribution in [0.3, 0.4) is 0 Å². The number of fused-ring (bicyclic) bond motifs is 1. The molecular weight excluding hydrogens is 250 g/mol. The van der Waals surface area contributed by atoms with Crippen LogP contribution >= 0.6 is 0 Å². The lowest BCUT2D eigenvalue weighted by atomic mass is 9.97. The minimum Gasteiger partial charge on any atom is -0.460 e. The second-order valence-corrected chi connectivity index (χ2v) is 6.63. The maximum atomic E-state index is 11.7.